The summed E-state index contributed by atoms with van der Waals surface area (Å²) in [5.41, 5.74) is 5.29. The van der Waals surface area contributed by atoms with Crippen LogP contribution in [0.25, 0.3) is 0 Å². The van der Waals surface area contributed by atoms with E-state index in [-0.39, 0.29) is 5.54 Å². The van der Waals surface area contributed by atoms with E-state index >= 15 is 0 Å². The number of rotatable bonds is 3. The Bertz CT molecular complexity index is 279. The number of sulfonamides is 1. The summed E-state index contributed by atoms with van der Waals surface area (Å²) in [6.07, 6.45) is 5.03. The normalized spacial score (nSPS) is 34.4. The molecule has 0 aliphatic heterocycles. The second-order valence-electron chi connectivity index (χ2n) is 4.54. The molecule has 1 aliphatic carbocycles. The minimum atomic E-state index is -3.14. The highest BCUT2D eigenvalue weighted by Crippen LogP contribution is 2.31. The van der Waals surface area contributed by atoms with Crippen LogP contribution in [0.4, 0.5) is 0 Å². The van der Waals surface area contributed by atoms with E-state index < -0.39 is 10.0 Å². The Hall–Kier alpha value is -0.130. The summed E-state index contributed by atoms with van der Waals surface area (Å²) >= 11 is 0. The molecule has 4 nitrogen and oxygen atoms in total. The largest absolute Gasteiger partial charge is 0.329 e. The molecule has 0 radical (unpaired) electrons. The highest BCUT2D eigenvalue weighted by atomic mass is 32.2. The summed E-state index contributed by atoms with van der Waals surface area (Å²) in [5.74, 6) is 0.691. The summed E-state index contributed by atoms with van der Waals surface area (Å²) in [6, 6.07) is 0. The molecule has 3 N–H and O–H groups in total. The first-order valence-corrected chi connectivity index (χ1v) is 6.95. The lowest BCUT2D eigenvalue weighted by molar-refractivity contribution is 0.231. The molecule has 0 aromatic rings. The predicted octanol–water partition coefficient (Wildman–Crippen LogP) is 0.443. The third-order valence-corrected chi connectivity index (χ3v) is 3.83. The van der Waals surface area contributed by atoms with Crippen LogP contribution in [0.3, 0.4) is 0 Å². The van der Waals surface area contributed by atoms with Gasteiger partial charge in [0.05, 0.1) is 6.26 Å². The molecule has 0 heterocycles. The van der Waals surface area contributed by atoms with Crippen LogP contribution in [0.5, 0.6) is 0 Å². The van der Waals surface area contributed by atoms with E-state index in [1.54, 1.807) is 0 Å². The van der Waals surface area contributed by atoms with Gasteiger partial charge in [-0.1, -0.05) is 6.92 Å². The summed E-state index contributed by atoms with van der Waals surface area (Å²) in [5, 5.41) is 0. The molecule has 0 saturated heterocycles. The van der Waals surface area contributed by atoms with Crippen LogP contribution in [-0.2, 0) is 10.0 Å². The molecule has 0 bridgehead atoms. The van der Waals surface area contributed by atoms with Crippen LogP contribution in [0.15, 0.2) is 0 Å². The maximum absolute atomic E-state index is 11.2. The maximum Gasteiger partial charge on any atom is 0.209 e. The molecule has 0 amide bonds. The van der Waals surface area contributed by atoms with Gasteiger partial charge in [-0.2, -0.15) is 0 Å². The molecule has 84 valence electrons. The average molecular weight is 220 g/mol. The maximum atomic E-state index is 11.2. The van der Waals surface area contributed by atoms with Crippen LogP contribution >= 0.6 is 0 Å². The van der Waals surface area contributed by atoms with Crippen molar-refractivity contribution in [3.05, 3.63) is 0 Å². The second-order valence-corrected chi connectivity index (χ2v) is 6.29. The Balaban J connectivity index is 2.68. The SMILES string of the molecule is CC1CCC(CN)(NS(C)(=O)=O)CC1. The van der Waals surface area contributed by atoms with Gasteiger partial charge in [0.25, 0.3) is 0 Å². The van der Waals surface area contributed by atoms with Crippen LogP contribution in [0.1, 0.15) is 32.6 Å². The van der Waals surface area contributed by atoms with Gasteiger partial charge in [0.2, 0.25) is 10.0 Å². The van der Waals surface area contributed by atoms with Gasteiger partial charge in [-0.15, -0.1) is 0 Å². The topological polar surface area (TPSA) is 72.2 Å². The van der Waals surface area contributed by atoms with Crippen molar-refractivity contribution in [2.45, 2.75) is 38.1 Å². The summed E-state index contributed by atoms with van der Waals surface area (Å²) in [7, 11) is -3.14. The lowest BCUT2D eigenvalue weighted by atomic mass is 9.78. The van der Waals surface area contributed by atoms with Gasteiger partial charge in [0, 0.05) is 12.1 Å². The number of hydrogen-bond donors (Lipinski definition) is 2. The fourth-order valence-electron chi connectivity index (χ4n) is 2.06. The lowest BCUT2D eigenvalue weighted by Crippen LogP contribution is -2.55. The lowest BCUT2D eigenvalue weighted by Gasteiger charge is -2.38. The molecule has 0 spiro atoms. The molecule has 5 heteroatoms. The fraction of sp³-hybridized carbons (Fsp3) is 1.00. The van der Waals surface area contributed by atoms with Crippen molar-refractivity contribution in [2.75, 3.05) is 12.8 Å². The molecular weight excluding hydrogens is 200 g/mol. The van der Waals surface area contributed by atoms with Crippen LogP contribution in [0.2, 0.25) is 0 Å². The fourth-order valence-corrected chi connectivity index (χ4v) is 3.13. The molecule has 1 rings (SSSR count). The zero-order valence-electron chi connectivity index (χ0n) is 8.91. The Morgan fingerprint density at radius 1 is 1.43 bits per heavy atom. The molecule has 0 unspecified atom stereocenters. The van der Waals surface area contributed by atoms with E-state index in [0.717, 1.165) is 25.7 Å². The quantitative estimate of drug-likeness (QED) is 0.725. The van der Waals surface area contributed by atoms with Crippen LogP contribution in [-0.4, -0.2) is 26.8 Å². The molecule has 0 atom stereocenters. The van der Waals surface area contributed by atoms with Crippen molar-refractivity contribution in [3.8, 4) is 0 Å². The van der Waals surface area contributed by atoms with Crippen molar-refractivity contribution < 1.29 is 8.42 Å². The highest BCUT2D eigenvalue weighted by molar-refractivity contribution is 7.88. The molecule has 0 aromatic carbocycles. The van der Waals surface area contributed by atoms with E-state index in [4.69, 9.17) is 5.73 Å². The van der Waals surface area contributed by atoms with Gasteiger partial charge >= 0.3 is 0 Å². The van der Waals surface area contributed by atoms with Crippen LogP contribution < -0.4 is 10.5 Å². The van der Waals surface area contributed by atoms with E-state index in [2.05, 4.69) is 11.6 Å². The average Bonchev–Trinajstić information content (AvgIpc) is 2.07. The molecule has 14 heavy (non-hydrogen) atoms. The second kappa shape index (κ2) is 4.16. The summed E-state index contributed by atoms with van der Waals surface area (Å²) in [4.78, 5) is 0. The van der Waals surface area contributed by atoms with E-state index in [0.29, 0.717) is 12.5 Å². The van der Waals surface area contributed by atoms with Gasteiger partial charge in [-0.3, -0.25) is 0 Å². The smallest absolute Gasteiger partial charge is 0.209 e. The number of hydrogen-bond acceptors (Lipinski definition) is 3. The number of nitrogens with two attached hydrogens (primary N) is 1. The van der Waals surface area contributed by atoms with E-state index in [1.807, 2.05) is 0 Å². The third kappa shape index (κ3) is 3.22. The molecular formula is C9H20N2O2S. The van der Waals surface area contributed by atoms with Gasteiger partial charge in [-0.25, -0.2) is 13.1 Å². The summed E-state index contributed by atoms with van der Waals surface area (Å²) < 4.78 is 25.0. The first-order chi connectivity index (χ1) is 6.37. The third-order valence-electron chi connectivity index (χ3n) is 3.02. The first-order valence-electron chi connectivity index (χ1n) is 5.06. The van der Waals surface area contributed by atoms with Crippen molar-refractivity contribution >= 4 is 10.0 Å². The standard InChI is InChI=1S/C9H20N2O2S/c1-8-3-5-9(7-10,6-4-8)11-14(2,12)13/h8,11H,3-7,10H2,1-2H3. The van der Waals surface area contributed by atoms with E-state index in [9.17, 15) is 8.42 Å². The van der Waals surface area contributed by atoms with Crippen molar-refractivity contribution in [2.24, 2.45) is 11.7 Å². The van der Waals surface area contributed by atoms with Gasteiger partial charge in [0.1, 0.15) is 0 Å². The molecule has 1 saturated carbocycles. The van der Waals surface area contributed by atoms with E-state index in [1.165, 1.54) is 6.26 Å². The minimum absolute atomic E-state index is 0.375. The zero-order valence-corrected chi connectivity index (χ0v) is 9.73. The van der Waals surface area contributed by atoms with Crippen molar-refractivity contribution in [1.82, 2.24) is 4.72 Å². The van der Waals surface area contributed by atoms with Gasteiger partial charge < -0.3 is 5.73 Å². The van der Waals surface area contributed by atoms with Gasteiger partial charge in [0.15, 0.2) is 0 Å². The summed E-state index contributed by atoms with van der Waals surface area (Å²) in [6.45, 7) is 2.59. The molecule has 1 fully saturated rings. The predicted molar refractivity (Wildman–Crippen MR) is 57.4 cm³/mol. The monoisotopic (exact) mass is 220 g/mol. The van der Waals surface area contributed by atoms with Crippen molar-refractivity contribution in [1.29, 1.82) is 0 Å². The van der Waals surface area contributed by atoms with Crippen molar-refractivity contribution in [3.63, 3.8) is 0 Å². The molecule has 0 aromatic heterocycles. The van der Waals surface area contributed by atoms with Gasteiger partial charge in [-0.05, 0) is 31.6 Å². The van der Waals surface area contributed by atoms with Crippen LogP contribution in [0, 0.1) is 5.92 Å². The highest BCUT2D eigenvalue weighted by Gasteiger charge is 2.35. The zero-order chi connectivity index (χ0) is 10.8. The first kappa shape index (κ1) is 11.9. The Kier molecular flexibility index (Phi) is 3.55. The molecule has 1 aliphatic rings. The number of nitrogens with one attached hydrogen (secondary N) is 1. The Morgan fingerprint density at radius 2 is 1.93 bits per heavy atom. The minimum Gasteiger partial charge on any atom is -0.329 e. The Morgan fingerprint density at radius 3 is 2.29 bits per heavy atom. The Labute approximate surface area is 86.3 Å².